The monoisotopic (exact) mass is 221 g/mol. The second kappa shape index (κ2) is 3.96. The average Bonchev–Trinajstić information content (AvgIpc) is 2.57. The van der Waals surface area contributed by atoms with Gasteiger partial charge in [0, 0.05) is 12.4 Å². The number of hydrogen-bond donors (Lipinski definition) is 0. The van der Waals surface area contributed by atoms with Crippen LogP contribution in [0.15, 0.2) is 24.3 Å². The fourth-order valence-electron chi connectivity index (χ4n) is 1.70. The molecule has 0 unspecified atom stereocenters. The minimum absolute atomic E-state index is 0.316. The van der Waals surface area contributed by atoms with Gasteiger partial charge < -0.3 is 9.30 Å². The number of ether oxygens (including phenoxy) is 1. The highest BCUT2D eigenvalue weighted by atomic mass is 19.1. The van der Waals surface area contributed by atoms with Gasteiger partial charge >= 0.3 is 5.97 Å². The van der Waals surface area contributed by atoms with Gasteiger partial charge in [0.25, 0.3) is 0 Å². The van der Waals surface area contributed by atoms with E-state index >= 15 is 0 Å². The summed E-state index contributed by atoms with van der Waals surface area (Å²) in [7, 11) is 1.72. The lowest BCUT2D eigenvalue weighted by molar-refractivity contribution is 0.0516. The molecule has 0 amide bonds. The van der Waals surface area contributed by atoms with Crippen LogP contribution in [0, 0.1) is 5.82 Å². The number of aromatic nitrogens is 1. The summed E-state index contributed by atoms with van der Waals surface area (Å²) < 4.78 is 19.6. The fourth-order valence-corrected chi connectivity index (χ4v) is 1.70. The first-order chi connectivity index (χ1) is 7.63. The molecule has 0 aliphatic rings. The maximum absolute atomic E-state index is 13.0. The van der Waals surface area contributed by atoms with Crippen LogP contribution in [0.2, 0.25) is 0 Å². The molecule has 0 aliphatic heterocycles. The van der Waals surface area contributed by atoms with Crippen molar-refractivity contribution < 1.29 is 13.9 Å². The first kappa shape index (κ1) is 10.7. The predicted molar refractivity (Wildman–Crippen MR) is 58.8 cm³/mol. The number of carbonyl (C=O) groups is 1. The molecule has 3 nitrogen and oxygen atoms in total. The predicted octanol–water partition coefficient (Wildman–Crippen LogP) is 2.49. The molecule has 0 bridgehead atoms. The van der Waals surface area contributed by atoms with Crippen molar-refractivity contribution in [3.8, 4) is 0 Å². The Bertz CT molecular complexity index is 545. The summed E-state index contributed by atoms with van der Waals surface area (Å²) in [6.45, 7) is 2.08. The topological polar surface area (TPSA) is 31.2 Å². The van der Waals surface area contributed by atoms with Crippen LogP contribution in [0.3, 0.4) is 0 Å². The molecule has 2 rings (SSSR count). The number of fused-ring (bicyclic) bond motifs is 1. The molecular weight excluding hydrogens is 209 g/mol. The number of carbonyl (C=O) groups excluding carboxylic acids is 1. The summed E-state index contributed by atoms with van der Waals surface area (Å²) in [4.78, 5) is 11.6. The summed E-state index contributed by atoms with van der Waals surface area (Å²) in [6, 6.07) is 6.12. The van der Waals surface area contributed by atoms with Crippen molar-refractivity contribution in [1.29, 1.82) is 0 Å². The largest absolute Gasteiger partial charge is 0.461 e. The van der Waals surface area contributed by atoms with E-state index in [0.29, 0.717) is 17.8 Å². The smallest absolute Gasteiger partial charge is 0.354 e. The van der Waals surface area contributed by atoms with Gasteiger partial charge in [0.2, 0.25) is 0 Å². The van der Waals surface area contributed by atoms with Crippen molar-refractivity contribution in [2.75, 3.05) is 6.61 Å². The van der Waals surface area contributed by atoms with Gasteiger partial charge in [-0.3, -0.25) is 0 Å². The van der Waals surface area contributed by atoms with Crippen LogP contribution in [0.4, 0.5) is 4.39 Å². The van der Waals surface area contributed by atoms with Gasteiger partial charge in [-0.25, -0.2) is 9.18 Å². The van der Waals surface area contributed by atoms with E-state index in [-0.39, 0.29) is 11.8 Å². The molecule has 16 heavy (non-hydrogen) atoms. The van der Waals surface area contributed by atoms with Crippen molar-refractivity contribution in [3.05, 3.63) is 35.8 Å². The minimum atomic E-state index is -0.387. The first-order valence-corrected chi connectivity index (χ1v) is 5.05. The van der Waals surface area contributed by atoms with Gasteiger partial charge in [0.1, 0.15) is 11.5 Å². The molecule has 84 valence electrons. The lowest BCUT2D eigenvalue weighted by atomic mass is 10.2. The van der Waals surface area contributed by atoms with Gasteiger partial charge in [0.15, 0.2) is 0 Å². The molecule has 0 radical (unpaired) electrons. The second-order valence-corrected chi connectivity index (χ2v) is 3.51. The molecule has 0 atom stereocenters. The zero-order valence-corrected chi connectivity index (χ0v) is 9.16. The van der Waals surface area contributed by atoms with E-state index in [1.54, 1.807) is 30.7 Å². The Balaban J connectivity index is 2.56. The zero-order valence-electron chi connectivity index (χ0n) is 9.16. The van der Waals surface area contributed by atoms with E-state index in [4.69, 9.17) is 4.74 Å². The molecular formula is C12H12FNO2. The highest BCUT2D eigenvalue weighted by Gasteiger charge is 2.14. The third kappa shape index (κ3) is 1.66. The maximum Gasteiger partial charge on any atom is 0.354 e. The normalized spacial score (nSPS) is 10.7. The third-order valence-electron chi connectivity index (χ3n) is 2.49. The van der Waals surface area contributed by atoms with Crippen LogP contribution >= 0.6 is 0 Å². The maximum atomic E-state index is 13.0. The van der Waals surface area contributed by atoms with Crippen molar-refractivity contribution in [1.82, 2.24) is 4.57 Å². The number of nitrogens with zero attached hydrogens (tertiary/aromatic N) is 1. The highest BCUT2D eigenvalue weighted by molar-refractivity contribution is 5.95. The summed E-state index contributed by atoms with van der Waals surface area (Å²) in [5, 5.41) is 0.826. The third-order valence-corrected chi connectivity index (χ3v) is 2.49. The van der Waals surface area contributed by atoms with Gasteiger partial charge in [-0.05, 0) is 31.2 Å². The molecule has 4 heteroatoms. The fraction of sp³-hybridized carbons (Fsp3) is 0.250. The molecule has 1 aromatic carbocycles. The number of rotatable bonds is 2. The molecule has 1 aromatic heterocycles. The molecule has 0 saturated carbocycles. The molecule has 0 spiro atoms. The van der Waals surface area contributed by atoms with Crippen LogP contribution in [0.25, 0.3) is 10.9 Å². The van der Waals surface area contributed by atoms with Crippen molar-refractivity contribution in [3.63, 3.8) is 0 Å². The Kier molecular flexibility index (Phi) is 2.64. The minimum Gasteiger partial charge on any atom is -0.461 e. The van der Waals surface area contributed by atoms with E-state index in [1.807, 2.05) is 0 Å². The van der Waals surface area contributed by atoms with Gasteiger partial charge in [-0.2, -0.15) is 0 Å². The van der Waals surface area contributed by atoms with Crippen LogP contribution in [-0.2, 0) is 11.8 Å². The van der Waals surface area contributed by atoms with Gasteiger partial charge in [0.05, 0.1) is 12.1 Å². The van der Waals surface area contributed by atoms with E-state index in [1.165, 1.54) is 12.1 Å². The lowest BCUT2D eigenvalue weighted by Gasteiger charge is -2.03. The van der Waals surface area contributed by atoms with Crippen LogP contribution in [-0.4, -0.2) is 17.1 Å². The Morgan fingerprint density at radius 1 is 1.44 bits per heavy atom. The zero-order chi connectivity index (χ0) is 11.7. The highest BCUT2D eigenvalue weighted by Crippen LogP contribution is 2.20. The van der Waals surface area contributed by atoms with Crippen LogP contribution in [0.1, 0.15) is 17.4 Å². The molecule has 2 aromatic rings. The molecule has 0 fully saturated rings. The summed E-state index contributed by atoms with van der Waals surface area (Å²) in [6.07, 6.45) is 0. The van der Waals surface area contributed by atoms with Crippen molar-refractivity contribution in [2.24, 2.45) is 7.05 Å². The van der Waals surface area contributed by atoms with Gasteiger partial charge in [-0.1, -0.05) is 0 Å². The van der Waals surface area contributed by atoms with Gasteiger partial charge in [-0.15, -0.1) is 0 Å². The van der Waals surface area contributed by atoms with Crippen molar-refractivity contribution >= 4 is 16.9 Å². The molecule has 0 aliphatic carbocycles. The Labute approximate surface area is 92.4 Å². The molecule has 1 heterocycles. The number of benzene rings is 1. The number of esters is 1. The summed E-state index contributed by atoms with van der Waals surface area (Å²) >= 11 is 0. The lowest BCUT2D eigenvalue weighted by Crippen LogP contribution is -2.09. The Morgan fingerprint density at radius 2 is 2.19 bits per heavy atom. The van der Waals surface area contributed by atoms with E-state index in [9.17, 15) is 9.18 Å². The van der Waals surface area contributed by atoms with Crippen LogP contribution in [0.5, 0.6) is 0 Å². The number of hydrogen-bond acceptors (Lipinski definition) is 2. The molecule has 0 N–H and O–H groups in total. The molecule has 0 saturated heterocycles. The van der Waals surface area contributed by atoms with Crippen molar-refractivity contribution in [2.45, 2.75) is 6.92 Å². The van der Waals surface area contributed by atoms with Crippen LogP contribution < -0.4 is 0 Å². The second-order valence-electron chi connectivity index (χ2n) is 3.51. The SMILES string of the molecule is CCOC(=O)c1cc2ccc(F)cc2n1C. The van der Waals surface area contributed by atoms with E-state index in [0.717, 1.165) is 5.39 Å². The standard InChI is InChI=1S/C12H12FNO2/c1-3-16-12(15)11-6-8-4-5-9(13)7-10(8)14(11)2/h4-7H,3H2,1-2H3. The summed E-state index contributed by atoms with van der Waals surface area (Å²) in [5.41, 5.74) is 1.12. The average molecular weight is 221 g/mol. The Hall–Kier alpha value is -1.84. The van der Waals surface area contributed by atoms with E-state index in [2.05, 4.69) is 0 Å². The van der Waals surface area contributed by atoms with E-state index < -0.39 is 0 Å². The number of halogens is 1. The summed E-state index contributed by atoms with van der Waals surface area (Å²) in [5.74, 6) is -0.703. The Morgan fingerprint density at radius 3 is 2.88 bits per heavy atom. The first-order valence-electron chi connectivity index (χ1n) is 5.05. The quantitative estimate of drug-likeness (QED) is 0.729. The number of aryl methyl sites for hydroxylation is 1.